The molecule has 13 heavy (non-hydrogen) atoms. The monoisotopic (exact) mass is 234 g/mol. The fraction of sp³-hybridized carbons (Fsp3) is 1.00. The number of rotatable bonds is 0. The van der Waals surface area contributed by atoms with E-state index in [4.69, 9.17) is 10.2 Å². The molecule has 0 spiro atoms. The van der Waals surface area contributed by atoms with E-state index in [1.54, 1.807) is 0 Å². The second-order valence-corrected chi connectivity index (χ2v) is 3.21. The molecule has 0 aromatic heterocycles. The summed E-state index contributed by atoms with van der Waals surface area (Å²) in [6, 6.07) is -0.364. The number of aliphatic hydroxyl groups excluding tert-OH is 3. The summed E-state index contributed by atoms with van der Waals surface area (Å²) in [5, 5.41) is 27.6. The lowest BCUT2D eigenvalue weighted by atomic mass is 9.85. The van der Waals surface area contributed by atoms with E-state index in [0.29, 0.717) is 6.42 Å². The molecule has 0 bridgehead atoms. The molecule has 1 rings (SSSR count). The molecule has 1 aliphatic carbocycles. The van der Waals surface area contributed by atoms with Crippen LogP contribution >= 0.6 is 0 Å². The van der Waals surface area contributed by atoms with Gasteiger partial charge in [0.15, 0.2) is 6.04 Å². The molecule has 1 fully saturated rings. The van der Waals surface area contributed by atoms with Gasteiger partial charge in [-0.1, -0.05) is 0 Å². The lowest BCUT2D eigenvalue weighted by Crippen LogP contribution is -3.00. The standard InChI is InChI=1S/C6H14N2O3.2ClH/c7-2-1-3(9)5(10)6(11)4(2)8;;/h2-6,9-11H,1,7-8H2;2*1H/t2-,3-,4+,5-,6-;;/m0../s1. The van der Waals surface area contributed by atoms with Crippen LogP contribution in [0, 0.1) is 0 Å². The fourth-order valence-electron chi connectivity index (χ4n) is 1.38. The van der Waals surface area contributed by atoms with E-state index < -0.39 is 18.3 Å². The van der Waals surface area contributed by atoms with Crippen molar-refractivity contribution in [2.75, 3.05) is 0 Å². The van der Waals surface area contributed by atoms with Crippen molar-refractivity contribution < 1.29 is 51.6 Å². The Hall–Kier alpha value is 0.380. The van der Waals surface area contributed by atoms with Crippen LogP contribution in [0.5, 0.6) is 0 Å². The molecule has 9 N–H and O–H groups in total. The summed E-state index contributed by atoms with van der Waals surface area (Å²) in [6.07, 6.45) is -2.45. The summed E-state index contributed by atoms with van der Waals surface area (Å²) in [4.78, 5) is 0. The number of aliphatic hydroxyl groups is 3. The highest BCUT2D eigenvalue weighted by molar-refractivity contribution is 4.90. The topological polar surface area (TPSA) is 116 Å². The summed E-state index contributed by atoms with van der Waals surface area (Å²) < 4.78 is 0. The molecule has 7 heteroatoms. The van der Waals surface area contributed by atoms with Gasteiger partial charge in [-0.25, -0.2) is 0 Å². The van der Waals surface area contributed by atoms with Crippen LogP contribution in [-0.4, -0.2) is 45.7 Å². The molecule has 0 radical (unpaired) electrons. The minimum atomic E-state index is -1.06. The molecule has 0 unspecified atom stereocenters. The van der Waals surface area contributed by atoms with E-state index in [0.717, 1.165) is 0 Å². The third-order valence-electron chi connectivity index (χ3n) is 2.33. The van der Waals surface area contributed by atoms with E-state index in [1.807, 2.05) is 0 Å². The van der Waals surface area contributed by atoms with Crippen LogP contribution in [-0.2, 0) is 0 Å². The van der Waals surface area contributed by atoms with Crippen LogP contribution in [0.25, 0.3) is 0 Å². The first-order chi connectivity index (χ1) is 5.04. The third kappa shape index (κ3) is 3.21. The summed E-state index contributed by atoms with van der Waals surface area (Å²) in [5.74, 6) is 0. The lowest BCUT2D eigenvalue weighted by Gasteiger charge is -2.32. The zero-order valence-electron chi connectivity index (χ0n) is 7.11. The summed E-state index contributed by atoms with van der Waals surface area (Å²) in [7, 11) is 0. The summed E-state index contributed by atoms with van der Waals surface area (Å²) >= 11 is 0. The zero-order valence-corrected chi connectivity index (χ0v) is 8.62. The maximum absolute atomic E-state index is 9.27. The van der Waals surface area contributed by atoms with Crippen molar-refractivity contribution in [3.63, 3.8) is 0 Å². The minimum absolute atomic E-state index is 0. The van der Waals surface area contributed by atoms with Crippen molar-refractivity contribution in [3.8, 4) is 0 Å². The van der Waals surface area contributed by atoms with Gasteiger partial charge in [0, 0.05) is 6.42 Å². The molecule has 5 atom stereocenters. The van der Waals surface area contributed by atoms with Crippen LogP contribution < -0.4 is 36.3 Å². The predicted molar refractivity (Wildman–Crippen MR) is 36.0 cm³/mol. The van der Waals surface area contributed by atoms with Gasteiger partial charge in [-0.15, -0.1) is 0 Å². The van der Waals surface area contributed by atoms with Crippen molar-refractivity contribution in [3.05, 3.63) is 0 Å². The minimum Gasteiger partial charge on any atom is -1.00 e. The molecule has 1 aliphatic rings. The molecule has 82 valence electrons. The first kappa shape index (κ1) is 15.8. The molecule has 0 amide bonds. The average molecular weight is 235 g/mol. The second kappa shape index (κ2) is 5.98. The molecular weight excluding hydrogens is 219 g/mol. The normalized spacial score (nSPS) is 44.5. The van der Waals surface area contributed by atoms with E-state index in [9.17, 15) is 5.11 Å². The highest BCUT2D eigenvalue weighted by Crippen LogP contribution is 2.15. The SMILES string of the molecule is [Cl-].[Cl-].[NH3+][C@H]1[C@H](O)[C@@H](O)[C@@H](O)C[C@@H]1[NH3+]. The van der Waals surface area contributed by atoms with Crippen molar-refractivity contribution in [1.29, 1.82) is 0 Å². The van der Waals surface area contributed by atoms with Gasteiger partial charge in [0.1, 0.15) is 18.2 Å². The largest absolute Gasteiger partial charge is 1.00 e. The maximum atomic E-state index is 9.27. The summed E-state index contributed by atoms with van der Waals surface area (Å²) in [5.41, 5.74) is 7.38. The van der Waals surface area contributed by atoms with Crippen molar-refractivity contribution in [1.82, 2.24) is 0 Å². The molecule has 0 aliphatic heterocycles. The molecule has 0 aromatic rings. The van der Waals surface area contributed by atoms with E-state index >= 15 is 0 Å². The quantitative estimate of drug-likeness (QED) is 0.287. The van der Waals surface area contributed by atoms with E-state index in [-0.39, 0.29) is 36.9 Å². The first-order valence-electron chi connectivity index (χ1n) is 3.74. The van der Waals surface area contributed by atoms with Gasteiger partial charge >= 0.3 is 0 Å². The molecule has 0 saturated heterocycles. The highest BCUT2D eigenvalue weighted by Gasteiger charge is 2.43. The number of hydrogen-bond donors (Lipinski definition) is 5. The van der Waals surface area contributed by atoms with Gasteiger partial charge < -0.3 is 51.6 Å². The van der Waals surface area contributed by atoms with Crippen LogP contribution in [0.4, 0.5) is 0 Å². The van der Waals surface area contributed by atoms with Crippen LogP contribution in [0.2, 0.25) is 0 Å². The van der Waals surface area contributed by atoms with Crippen molar-refractivity contribution >= 4 is 0 Å². The van der Waals surface area contributed by atoms with Gasteiger partial charge in [0.05, 0.1) is 6.10 Å². The van der Waals surface area contributed by atoms with Crippen LogP contribution in [0.3, 0.4) is 0 Å². The highest BCUT2D eigenvalue weighted by atomic mass is 35.5. The van der Waals surface area contributed by atoms with Gasteiger partial charge in [-0.2, -0.15) is 0 Å². The Morgan fingerprint density at radius 1 is 0.923 bits per heavy atom. The van der Waals surface area contributed by atoms with Crippen molar-refractivity contribution in [2.24, 2.45) is 0 Å². The van der Waals surface area contributed by atoms with Gasteiger partial charge in [0.25, 0.3) is 0 Å². The molecule has 0 aromatic carbocycles. The molecular formula is C6H16Cl2N2O3. The average Bonchev–Trinajstić information content (AvgIpc) is 1.97. The number of quaternary nitrogens is 2. The van der Waals surface area contributed by atoms with Crippen molar-refractivity contribution in [2.45, 2.75) is 36.8 Å². The number of hydrogen-bond acceptors (Lipinski definition) is 3. The van der Waals surface area contributed by atoms with Gasteiger partial charge in [-0.3, -0.25) is 0 Å². The van der Waals surface area contributed by atoms with Crippen LogP contribution in [0.15, 0.2) is 0 Å². The molecule has 0 heterocycles. The Balaban J connectivity index is 0. The fourth-order valence-corrected chi connectivity index (χ4v) is 1.38. The first-order valence-corrected chi connectivity index (χ1v) is 3.74. The second-order valence-electron chi connectivity index (χ2n) is 3.21. The molecule has 1 saturated carbocycles. The Morgan fingerprint density at radius 2 is 1.38 bits per heavy atom. The van der Waals surface area contributed by atoms with Gasteiger partial charge in [0.2, 0.25) is 0 Å². The van der Waals surface area contributed by atoms with Gasteiger partial charge in [-0.05, 0) is 0 Å². The van der Waals surface area contributed by atoms with Crippen LogP contribution in [0.1, 0.15) is 6.42 Å². The maximum Gasteiger partial charge on any atom is 0.165 e. The predicted octanol–water partition coefficient (Wildman–Crippen LogP) is -10.3. The van der Waals surface area contributed by atoms with E-state index in [2.05, 4.69) is 11.5 Å². The zero-order chi connectivity index (χ0) is 8.59. The Bertz CT molecular complexity index is 138. The summed E-state index contributed by atoms with van der Waals surface area (Å²) in [6.45, 7) is 0. The Morgan fingerprint density at radius 3 is 1.85 bits per heavy atom. The molecule has 5 nitrogen and oxygen atoms in total. The lowest BCUT2D eigenvalue weighted by molar-refractivity contribution is -0.551. The Kier molecular flexibility index (Phi) is 7.28. The number of halogens is 2. The van der Waals surface area contributed by atoms with E-state index in [1.165, 1.54) is 0 Å². The Labute approximate surface area is 88.9 Å². The third-order valence-corrected chi connectivity index (χ3v) is 2.33. The smallest absolute Gasteiger partial charge is 0.165 e.